The summed E-state index contributed by atoms with van der Waals surface area (Å²) in [5, 5.41) is 0. The third-order valence-electron chi connectivity index (χ3n) is 3.36. The average molecular weight is 285 g/mol. The summed E-state index contributed by atoms with van der Waals surface area (Å²) >= 11 is 0. The third-order valence-corrected chi connectivity index (χ3v) is 3.36. The molecule has 5 heteroatoms. The third kappa shape index (κ3) is 3.37. The molecule has 5 nitrogen and oxygen atoms in total. The summed E-state index contributed by atoms with van der Waals surface area (Å²) in [6, 6.07) is 7.98. The van der Waals surface area contributed by atoms with E-state index >= 15 is 0 Å². The number of benzene rings is 1. The molecule has 0 saturated heterocycles. The Balaban J connectivity index is 2.22. The van der Waals surface area contributed by atoms with Crippen LogP contribution < -0.4 is 5.73 Å². The van der Waals surface area contributed by atoms with E-state index in [2.05, 4.69) is 18.8 Å². The highest BCUT2D eigenvalue weighted by Crippen LogP contribution is 2.20. The van der Waals surface area contributed by atoms with E-state index in [4.69, 9.17) is 5.73 Å². The van der Waals surface area contributed by atoms with E-state index in [9.17, 15) is 9.59 Å². The van der Waals surface area contributed by atoms with Crippen molar-refractivity contribution in [2.24, 2.45) is 10.7 Å². The minimum Gasteiger partial charge on any atom is -0.368 e. The summed E-state index contributed by atoms with van der Waals surface area (Å²) in [6.07, 6.45) is 1.72. The predicted octanol–water partition coefficient (Wildman–Crippen LogP) is 1.90. The van der Waals surface area contributed by atoms with Crippen LogP contribution in [0.3, 0.4) is 0 Å². The van der Waals surface area contributed by atoms with Crippen LogP contribution in [0.2, 0.25) is 0 Å². The number of hydrogen-bond donors (Lipinski definition) is 1. The van der Waals surface area contributed by atoms with Crippen LogP contribution in [0.4, 0.5) is 0 Å². The van der Waals surface area contributed by atoms with Crippen molar-refractivity contribution in [1.82, 2.24) is 4.90 Å². The Morgan fingerprint density at radius 2 is 1.95 bits per heavy atom. The van der Waals surface area contributed by atoms with Gasteiger partial charge in [0.25, 0.3) is 5.91 Å². The van der Waals surface area contributed by atoms with E-state index in [1.807, 2.05) is 24.3 Å². The molecule has 110 valence electrons. The van der Waals surface area contributed by atoms with Crippen molar-refractivity contribution >= 4 is 23.7 Å². The molecule has 0 unspecified atom stereocenters. The highest BCUT2D eigenvalue weighted by atomic mass is 16.2. The first-order chi connectivity index (χ1) is 9.88. The fourth-order valence-corrected chi connectivity index (χ4v) is 2.14. The molecule has 2 rings (SSSR count). The lowest BCUT2D eigenvalue weighted by atomic mass is 10.0. The Hall–Kier alpha value is -2.43. The van der Waals surface area contributed by atoms with Gasteiger partial charge in [0.2, 0.25) is 5.91 Å². The highest BCUT2D eigenvalue weighted by Gasteiger charge is 2.28. The first-order valence-corrected chi connectivity index (χ1v) is 6.85. The molecule has 0 spiro atoms. The Morgan fingerprint density at radius 3 is 2.48 bits per heavy atom. The quantitative estimate of drug-likeness (QED) is 0.858. The number of nitrogens with zero attached hydrogens (tertiary/aromatic N) is 2. The maximum Gasteiger partial charge on any atom is 0.278 e. The Morgan fingerprint density at radius 1 is 1.33 bits per heavy atom. The number of amidine groups is 1. The molecule has 1 aliphatic rings. The molecular weight excluding hydrogens is 266 g/mol. The van der Waals surface area contributed by atoms with Gasteiger partial charge in [0.05, 0.1) is 0 Å². The lowest BCUT2D eigenvalue weighted by Crippen LogP contribution is -2.38. The van der Waals surface area contributed by atoms with E-state index in [0.717, 1.165) is 5.56 Å². The molecule has 0 aliphatic carbocycles. The second-order valence-corrected chi connectivity index (χ2v) is 5.37. The van der Waals surface area contributed by atoms with Crippen molar-refractivity contribution < 1.29 is 9.59 Å². The maximum absolute atomic E-state index is 12.2. The molecule has 0 bridgehead atoms. The summed E-state index contributed by atoms with van der Waals surface area (Å²) in [4.78, 5) is 28.6. The van der Waals surface area contributed by atoms with Crippen LogP contribution in [0.25, 0.3) is 6.08 Å². The molecule has 21 heavy (non-hydrogen) atoms. The molecular formula is C16H19N3O2. The smallest absolute Gasteiger partial charge is 0.278 e. The zero-order valence-electron chi connectivity index (χ0n) is 12.5. The number of amides is 2. The van der Waals surface area contributed by atoms with Crippen molar-refractivity contribution in [1.29, 1.82) is 0 Å². The van der Waals surface area contributed by atoms with Gasteiger partial charge in [0, 0.05) is 0 Å². The van der Waals surface area contributed by atoms with Gasteiger partial charge in [-0.25, -0.2) is 4.99 Å². The van der Waals surface area contributed by atoms with Crippen LogP contribution in [-0.2, 0) is 9.59 Å². The summed E-state index contributed by atoms with van der Waals surface area (Å²) in [6.45, 7) is 5.80. The average Bonchev–Trinajstić information content (AvgIpc) is 2.67. The number of aliphatic imine (C=N–C) groups is 1. The van der Waals surface area contributed by atoms with Crippen molar-refractivity contribution in [3.8, 4) is 0 Å². The fraction of sp³-hybridized carbons (Fsp3) is 0.312. The van der Waals surface area contributed by atoms with Crippen LogP contribution in [0.1, 0.15) is 37.8 Å². The van der Waals surface area contributed by atoms with Gasteiger partial charge in [-0.2, -0.15) is 0 Å². The van der Waals surface area contributed by atoms with Crippen molar-refractivity contribution in [2.75, 3.05) is 6.54 Å². The highest BCUT2D eigenvalue weighted by molar-refractivity contribution is 6.15. The second kappa shape index (κ2) is 5.91. The van der Waals surface area contributed by atoms with E-state index in [-0.39, 0.29) is 12.5 Å². The zero-order valence-corrected chi connectivity index (χ0v) is 12.5. The Bertz CT molecular complexity index is 627. The zero-order chi connectivity index (χ0) is 15.6. The van der Waals surface area contributed by atoms with Gasteiger partial charge in [-0.1, -0.05) is 38.1 Å². The molecule has 0 aromatic heterocycles. The number of nitrogens with two attached hydrogens (primary N) is 1. The molecule has 2 N–H and O–H groups in total. The summed E-state index contributed by atoms with van der Waals surface area (Å²) in [7, 11) is 0. The minimum atomic E-state index is -0.555. The number of primary amides is 1. The van der Waals surface area contributed by atoms with E-state index in [1.54, 1.807) is 13.0 Å². The standard InChI is InChI=1S/C16H19N3O2/c1-10(2)13-6-4-12(5-7-13)8-14-16(21)19(9-15(17)20)11(3)18-14/h4-8,10H,9H2,1-3H3,(H2,17,20)/b14-8-. The lowest BCUT2D eigenvalue weighted by Gasteiger charge is -2.12. The molecule has 0 fully saturated rings. The maximum atomic E-state index is 12.2. The SMILES string of the molecule is CC1=N/C(=C\c2ccc(C(C)C)cc2)C(=O)N1CC(N)=O. The van der Waals surface area contributed by atoms with E-state index in [0.29, 0.717) is 17.5 Å². The van der Waals surface area contributed by atoms with Crippen molar-refractivity contribution in [3.63, 3.8) is 0 Å². The molecule has 1 heterocycles. The number of carbonyl (C=O) groups excluding carboxylic acids is 2. The largest absolute Gasteiger partial charge is 0.368 e. The lowest BCUT2D eigenvalue weighted by molar-refractivity contribution is -0.127. The monoisotopic (exact) mass is 285 g/mol. The summed E-state index contributed by atoms with van der Waals surface area (Å²) < 4.78 is 0. The van der Waals surface area contributed by atoms with Gasteiger partial charge in [-0.3, -0.25) is 14.5 Å². The Labute approximate surface area is 124 Å². The van der Waals surface area contributed by atoms with Gasteiger partial charge in [0.15, 0.2) is 0 Å². The van der Waals surface area contributed by atoms with Gasteiger partial charge < -0.3 is 5.73 Å². The van der Waals surface area contributed by atoms with Crippen LogP contribution in [0.5, 0.6) is 0 Å². The number of rotatable bonds is 4. The number of carbonyl (C=O) groups is 2. The van der Waals surface area contributed by atoms with Gasteiger partial charge >= 0.3 is 0 Å². The Kier molecular flexibility index (Phi) is 4.21. The first-order valence-electron chi connectivity index (χ1n) is 6.85. The summed E-state index contributed by atoms with van der Waals surface area (Å²) in [5.74, 6) is 0.106. The molecule has 0 atom stereocenters. The second-order valence-electron chi connectivity index (χ2n) is 5.37. The van der Waals surface area contributed by atoms with E-state index in [1.165, 1.54) is 10.5 Å². The van der Waals surface area contributed by atoms with Gasteiger partial charge in [0.1, 0.15) is 18.1 Å². The molecule has 1 aliphatic heterocycles. The molecule has 1 aromatic carbocycles. The van der Waals surface area contributed by atoms with Crippen LogP contribution in [0.15, 0.2) is 35.0 Å². The molecule has 0 radical (unpaired) electrons. The van der Waals surface area contributed by atoms with Crippen LogP contribution in [0, 0.1) is 0 Å². The minimum absolute atomic E-state index is 0.141. The first kappa shape index (κ1) is 15.0. The van der Waals surface area contributed by atoms with Crippen LogP contribution >= 0.6 is 0 Å². The van der Waals surface area contributed by atoms with Crippen molar-refractivity contribution in [2.45, 2.75) is 26.7 Å². The van der Waals surface area contributed by atoms with Gasteiger partial charge in [-0.15, -0.1) is 0 Å². The van der Waals surface area contributed by atoms with Crippen molar-refractivity contribution in [3.05, 3.63) is 41.1 Å². The van der Waals surface area contributed by atoms with Gasteiger partial charge in [-0.05, 0) is 30.0 Å². The molecule has 0 saturated carbocycles. The van der Waals surface area contributed by atoms with Crippen LogP contribution in [-0.4, -0.2) is 29.1 Å². The normalized spacial score (nSPS) is 16.8. The topological polar surface area (TPSA) is 75.8 Å². The predicted molar refractivity (Wildman–Crippen MR) is 82.5 cm³/mol. The molecule has 1 aromatic rings. The fourth-order valence-electron chi connectivity index (χ4n) is 2.14. The summed E-state index contributed by atoms with van der Waals surface area (Å²) in [5.41, 5.74) is 7.60. The molecule has 2 amide bonds. The number of hydrogen-bond acceptors (Lipinski definition) is 3. The van der Waals surface area contributed by atoms with E-state index < -0.39 is 5.91 Å².